The Balaban J connectivity index is 2.74. The van der Waals surface area contributed by atoms with Crippen molar-refractivity contribution in [2.45, 2.75) is 20.0 Å². The topological polar surface area (TPSA) is 50.4 Å². The zero-order chi connectivity index (χ0) is 6.85. The van der Waals surface area contributed by atoms with Gasteiger partial charge in [-0.1, -0.05) is 0 Å². The summed E-state index contributed by atoms with van der Waals surface area (Å²) < 4.78 is 0. The Bertz CT molecular complexity index is 169. The predicted molar refractivity (Wildman–Crippen MR) is 38.0 cm³/mol. The second kappa shape index (κ2) is 2.19. The van der Waals surface area contributed by atoms with Crippen LogP contribution in [-0.4, -0.2) is 12.0 Å². The Morgan fingerprint density at radius 2 is 2.33 bits per heavy atom. The number of nitrogens with one attached hydrogen (secondary N) is 1. The van der Waals surface area contributed by atoms with Crippen LogP contribution in [0.15, 0.2) is 16.8 Å². The van der Waals surface area contributed by atoms with E-state index in [0.717, 1.165) is 11.5 Å². The van der Waals surface area contributed by atoms with Crippen LogP contribution in [0.4, 0.5) is 0 Å². The number of hydrogen-bond acceptors (Lipinski definition) is 3. The smallest absolute Gasteiger partial charge is 0.100 e. The number of hydrogen-bond donors (Lipinski definition) is 2. The first kappa shape index (κ1) is 6.29. The highest BCUT2D eigenvalue weighted by Gasteiger charge is 2.03. The molecule has 0 radical (unpaired) electrons. The number of aliphatic imine (C=N–C) groups is 1. The summed E-state index contributed by atoms with van der Waals surface area (Å²) >= 11 is 0. The summed E-state index contributed by atoms with van der Waals surface area (Å²) in [5.74, 6) is 0.891. The minimum atomic E-state index is -0.0532. The van der Waals surface area contributed by atoms with Gasteiger partial charge in [-0.15, -0.1) is 0 Å². The van der Waals surface area contributed by atoms with Crippen LogP contribution in [0.3, 0.4) is 0 Å². The van der Waals surface area contributed by atoms with Gasteiger partial charge < -0.3 is 11.1 Å². The van der Waals surface area contributed by atoms with E-state index in [-0.39, 0.29) is 6.17 Å². The van der Waals surface area contributed by atoms with E-state index in [2.05, 4.69) is 10.3 Å². The standard InChI is InChI=1S/C6H11N3/c1-4-3-6(7)9-5(2)8-4/h3,6H,7H2,1-2H3,(H,8,9). The third kappa shape index (κ3) is 1.54. The Labute approximate surface area is 54.7 Å². The number of rotatable bonds is 0. The van der Waals surface area contributed by atoms with Crippen LogP contribution >= 0.6 is 0 Å². The molecule has 1 aliphatic rings. The second-order valence-corrected chi connectivity index (χ2v) is 2.18. The van der Waals surface area contributed by atoms with Gasteiger partial charge in [0.25, 0.3) is 0 Å². The third-order valence-electron chi connectivity index (χ3n) is 1.14. The van der Waals surface area contributed by atoms with Gasteiger partial charge in [0.2, 0.25) is 0 Å². The maximum Gasteiger partial charge on any atom is 0.100 e. The van der Waals surface area contributed by atoms with E-state index in [9.17, 15) is 0 Å². The molecule has 0 aromatic heterocycles. The highest BCUT2D eigenvalue weighted by atomic mass is 15.1. The second-order valence-electron chi connectivity index (χ2n) is 2.18. The van der Waals surface area contributed by atoms with E-state index in [1.54, 1.807) is 0 Å². The molecule has 0 fully saturated rings. The van der Waals surface area contributed by atoms with Gasteiger partial charge in [0.15, 0.2) is 0 Å². The molecular weight excluding hydrogens is 114 g/mol. The van der Waals surface area contributed by atoms with E-state index >= 15 is 0 Å². The molecule has 1 atom stereocenters. The predicted octanol–water partition coefficient (Wildman–Crippen LogP) is 0.197. The van der Waals surface area contributed by atoms with Gasteiger partial charge in [-0.05, 0) is 19.9 Å². The lowest BCUT2D eigenvalue weighted by Gasteiger charge is -2.15. The minimum absolute atomic E-state index is 0.0532. The minimum Gasteiger partial charge on any atom is -0.355 e. The van der Waals surface area contributed by atoms with E-state index < -0.39 is 0 Å². The summed E-state index contributed by atoms with van der Waals surface area (Å²) in [5.41, 5.74) is 6.53. The quantitative estimate of drug-likeness (QED) is 0.485. The van der Waals surface area contributed by atoms with Crippen LogP contribution in [0.1, 0.15) is 13.8 Å². The number of allylic oxidation sites excluding steroid dienone is 1. The fraction of sp³-hybridized carbons (Fsp3) is 0.500. The van der Waals surface area contributed by atoms with Crippen molar-refractivity contribution in [3.05, 3.63) is 11.8 Å². The average Bonchev–Trinajstić information content (AvgIpc) is 1.59. The van der Waals surface area contributed by atoms with Gasteiger partial charge in [-0.25, -0.2) is 4.99 Å². The van der Waals surface area contributed by atoms with Crippen molar-refractivity contribution in [2.75, 3.05) is 0 Å². The van der Waals surface area contributed by atoms with Crippen molar-refractivity contribution in [1.29, 1.82) is 0 Å². The van der Waals surface area contributed by atoms with Crippen LogP contribution in [-0.2, 0) is 0 Å². The molecule has 9 heavy (non-hydrogen) atoms. The fourth-order valence-corrected chi connectivity index (χ4v) is 0.877. The number of amidine groups is 1. The summed E-state index contributed by atoms with van der Waals surface area (Å²) in [6, 6.07) is 0. The van der Waals surface area contributed by atoms with Gasteiger partial charge in [0.1, 0.15) is 5.84 Å². The summed E-state index contributed by atoms with van der Waals surface area (Å²) in [5, 5.41) is 2.96. The molecular formula is C6H11N3. The Morgan fingerprint density at radius 1 is 1.67 bits per heavy atom. The highest BCUT2D eigenvalue weighted by Crippen LogP contribution is 2.00. The molecule has 0 saturated carbocycles. The first-order valence-electron chi connectivity index (χ1n) is 2.94. The first-order valence-corrected chi connectivity index (χ1v) is 2.94. The van der Waals surface area contributed by atoms with Gasteiger partial charge >= 0.3 is 0 Å². The molecule has 0 aromatic carbocycles. The molecule has 0 spiro atoms. The molecule has 0 bridgehead atoms. The van der Waals surface area contributed by atoms with Crippen LogP contribution in [0, 0.1) is 0 Å². The molecule has 3 nitrogen and oxygen atoms in total. The van der Waals surface area contributed by atoms with Gasteiger partial charge in [-0.2, -0.15) is 0 Å². The lowest BCUT2D eigenvalue weighted by molar-refractivity contribution is 0.741. The molecule has 3 N–H and O–H groups in total. The van der Waals surface area contributed by atoms with Crippen molar-refractivity contribution < 1.29 is 0 Å². The largest absolute Gasteiger partial charge is 0.355 e. The summed E-state index contributed by atoms with van der Waals surface area (Å²) in [7, 11) is 0. The van der Waals surface area contributed by atoms with E-state index in [1.807, 2.05) is 19.9 Å². The van der Waals surface area contributed by atoms with Crippen molar-refractivity contribution >= 4 is 5.84 Å². The van der Waals surface area contributed by atoms with Crippen LogP contribution < -0.4 is 11.1 Å². The first-order chi connectivity index (χ1) is 4.18. The SMILES string of the molecule is CC1=CC(N)NC(C)=N1. The van der Waals surface area contributed by atoms with E-state index in [1.165, 1.54) is 0 Å². The summed E-state index contributed by atoms with van der Waals surface area (Å²) in [6.07, 6.45) is 1.83. The van der Waals surface area contributed by atoms with E-state index in [4.69, 9.17) is 5.73 Å². The number of nitrogens with zero attached hydrogens (tertiary/aromatic N) is 1. The molecule has 3 heteroatoms. The number of nitrogens with two attached hydrogens (primary N) is 1. The highest BCUT2D eigenvalue weighted by molar-refractivity contribution is 5.81. The fourth-order valence-electron chi connectivity index (χ4n) is 0.877. The molecule has 0 aliphatic carbocycles. The monoisotopic (exact) mass is 125 g/mol. The van der Waals surface area contributed by atoms with Gasteiger partial charge in [0, 0.05) is 5.70 Å². The van der Waals surface area contributed by atoms with Crippen LogP contribution in [0.2, 0.25) is 0 Å². The van der Waals surface area contributed by atoms with E-state index in [0.29, 0.717) is 0 Å². The molecule has 50 valence electrons. The summed E-state index contributed by atoms with van der Waals surface area (Å²) in [4.78, 5) is 4.12. The van der Waals surface area contributed by atoms with Crippen LogP contribution in [0.5, 0.6) is 0 Å². The van der Waals surface area contributed by atoms with Crippen molar-refractivity contribution in [3.8, 4) is 0 Å². The molecule has 0 amide bonds. The maximum absolute atomic E-state index is 5.55. The summed E-state index contributed by atoms with van der Waals surface area (Å²) in [6.45, 7) is 3.83. The maximum atomic E-state index is 5.55. The van der Waals surface area contributed by atoms with Gasteiger partial charge in [0.05, 0.1) is 6.17 Å². The lowest BCUT2D eigenvalue weighted by atomic mass is 10.3. The zero-order valence-electron chi connectivity index (χ0n) is 5.68. The normalized spacial score (nSPS) is 26.3. The van der Waals surface area contributed by atoms with Crippen molar-refractivity contribution in [3.63, 3.8) is 0 Å². The van der Waals surface area contributed by atoms with Crippen molar-refractivity contribution in [2.24, 2.45) is 10.7 Å². The lowest BCUT2D eigenvalue weighted by Crippen LogP contribution is -2.40. The Morgan fingerprint density at radius 3 is 2.78 bits per heavy atom. The zero-order valence-corrected chi connectivity index (χ0v) is 5.68. The molecule has 1 rings (SSSR count). The third-order valence-corrected chi connectivity index (χ3v) is 1.14. The van der Waals surface area contributed by atoms with Crippen LogP contribution in [0.25, 0.3) is 0 Å². The molecule has 1 heterocycles. The van der Waals surface area contributed by atoms with Crippen molar-refractivity contribution in [1.82, 2.24) is 5.32 Å². The molecule has 0 saturated heterocycles. The Kier molecular flexibility index (Phi) is 1.53. The van der Waals surface area contributed by atoms with Gasteiger partial charge in [-0.3, -0.25) is 0 Å². The molecule has 1 aliphatic heterocycles. The average molecular weight is 125 g/mol. The molecule has 1 unspecified atom stereocenters. The Hall–Kier alpha value is -0.830. The molecule has 0 aromatic rings.